The Labute approximate surface area is 676 Å². The zero-order valence-electron chi connectivity index (χ0n) is 66.0. The molecule has 0 bridgehead atoms. The number of hydrogen-bond donors (Lipinski definition) is 1. The normalized spacial score (nSPS) is 14.3. The molecule has 4 aliphatic rings. The lowest BCUT2D eigenvalue weighted by Gasteiger charge is -2.32. The number of anilines is 4. The topological polar surface area (TPSA) is 236 Å². The summed E-state index contributed by atoms with van der Waals surface area (Å²) in [5.41, 5.74) is 5.68. The van der Waals surface area contributed by atoms with Gasteiger partial charge in [0.25, 0.3) is 22.2 Å². The van der Waals surface area contributed by atoms with E-state index in [1.165, 1.54) is 103 Å². The quantitative estimate of drug-likeness (QED) is 0.0520. The molecule has 0 amide bonds. The van der Waals surface area contributed by atoms with E-state index in [1.807, 2.05) is 25.7 Å². The average molecular weight is 1630 g/mol. The van der Waals surface area contributed by atoms with Gasteiger partial charge in [-0.05, 0) is 151 Å². The van der Waals surface area contributed by atoms with Gasteiger partial charge in [0.05, 0.1) is 104 Å². The number of carboxylic acid groups (broad SMARTS) is 1. The summed E-state index contributed by atoms with van der Waals surface area (Å²) in [6.07, 6.45) is 3.23. The Kier molecular flexibility index (Phi) is 28.9. The number of morpholine rings is 3. The summed E-state index contributed by atoms with van der Waals surface area (Å²) in [6.45, 7) is 17.3. The molecular weight excluding hydrogens is 1530 g/mol. The molecule has 4 fully saturated rings. The van der Waals surface area contributed by atoms with E-state index in [0.717, 1.165) is 5.56 Å². The Morgan fingerprint density at radius 1 is 0.381 bits per heavy atom. The Morgan fingerprint density at radius 3 is 1.09 bits per heavy atom. The molecule has 30 heteroatoms. The van der Waals surface area contributed by atoms with Gasteiger partial charge < -0.3 is 48.4 Å². The van der Waals surface area contributed by atoms with Gasteiger partial charge in [0.15, 0.2) is 0 Å². The molecule has 0 unspecified atom stereocenters. The van der Waals surface area contributed by atoms with Gasteiger partial charge in [-0.25, -0.2) is 50.7 Å². The molecule has 11 aromatic rings. The van der Waals surface area contributed by atoms with E-state index in [0.29, 0.717) is 247 Å². The summed E-state index contributed by atoms with van der Waals surface area (Å²) in [7, 11) is 0. The van der Waals surface area contributed by atoms with Crippen LogP contribution in [0.4, 0.5) is 53.5 Å². The van der Waals surface area contributed by atoms with Crippen LogP contribution in [0.2, 0.25) is 0 Å². The largest absolute Gasteiger partial charge is 0.493 e. The van der Waals surface area contributed by atoms with Crippen LogP contribution in [0.15, 0.2) is 189 Å². The van der Waals surface area contributed by atoms with E-state index in [9.17, 15) is 54.7 Å². The fourth-order valence-electron chi connectivity index (χ4n) is 14.4. The smallest absolute Gasteiger partial charge is 0.306 e. The van der Waals surface area contributed by atoms with E-state index >= 15 is 0 Å². The summed E-state index contributed by atoms with van der Waals surface area (Å²) in [4.78, 5) is 86.8. The maximum atomic E-state index is 14.9. The van der Waals surface area contributed by atoms with Crippen molar-refractivity contribution in [2.45, 2.75) is 79.6 Å². The van der Waals surface area contributed by atoms with Gasteiger partial charge in [0, 0.05) is 155 Å². The number of nitrogens with zero attached hydrogens (tertiary/aromatic N) is 12. The lowest BCUT2D eigenvalue weighted by Crippen LogP contribution is -2.36. The van der Waals surface area contributed by atoms with Crippen LogP contribution in [0.25, 0.3) is 22.7 Å². The molecule has 7 aromatic carbocycles. The minimum absolute atomic E-state index is 0.188. The van der Waals surface area contributed by atoms with Crippen LogP contribution in [0.3, 0.4) is 0 Å². The monoisotopic (exact) mass is 1620 g/mol. The van der Waals surface area contributed by atoms with Crippen molar-refractivity contribution in [1.82, 2.24) is 38.2 Å². The first-order valence-electron chi connectivity index (χ1n) is 38.9. The SMILES string of the molecule is Cc1cc(=O)n(-c2ccc(N3CCC(C(=O)O)CC3)c(F)c2)c(C)n1.Cc1cc(=O)n(-c2ccc(N3CCOCC3)c(F)c2)c(CCCOc2cccc(F)c2)n1.Cc1cc(=O)n(-c2ccc(N3CCOCC3)c(F)c2)c(CCOc2cccc(F)c2)n1.Cc1cc(=O)n(-c2ccc(N3CCOCC3)c(F)c2)c(CCc2cccc(F)c2)n1. The molecule has 1 N–H and O–H groups in total. The van der Waals surface area contributed by atoms with Gasteiger partial charge in [-0.1, -0.05) is 24.3 Å². The van der Waals surface area contributed by atoms with Gasteiger partial charge in [0.1, 0.15) is 75.5 Å². The predicted molar refractivity (Wildman–Crippen MR) is 434 cm³/mol. The van der Waals surface area contributed by atoms with Crippen molar-refractivity contribution in [1.29, 1.82) is 0 Å². The number of benzene rings is 7. The lowest BCUT2D eigenvalue weighted by atomic mass is 9.96. The van der Waals surface area contributed by atoms with Gasteiger partial charge >= 0.3 is 5.97 Å². The van der Waals surface area contributed by atoms with Crippen LogP contribution < -0.4 is 51.3 Å². The number of piperidine rings is 1. The minimum atomic E-state index is -0.794. The van der Waals surface area contributed by atoms with E-state index in [4.69, 9.17) is 28.8 Å². The molecule has 0 spiro atoms. The molecule has 618 valence electrons. The highest BCUT2D eigenvalue weighted by atomic mass is 19.2. The van der Waals surface area contributed by atoms with Crippen LogP contribution in [0, 0.1) is 81.3 Å². The van der Waals surface area contributed by atoms with Gasteiger partial charge in [-0.15, -0.1) is 0 Å². The van der Waals surface area contributed by atoms with Gasteiger partial charge in [0.2, 0.25) is 0 Å². The van der Waals surface area contributed by atoms with E-state index in [2.05, 4.69) is 19.9 Å². The van der Waals surface area contributed by atoms with Gasteiger partial charge in [-0.3, -0.25) is 42.2 Å². The summed E-state index contributed by atoms with van der Waals surface area (Å²) in [5, 5.41) is 9.05. The summed E-state index contributed by atoms with van der Waals surface area (Å²) < 4.78 is 132. The fourth-order valence-corrected chi connectivity index (χ4v) is 14.4. The highest BCUT2D eigenvalue weighted by Gasteiger charge is 2.28. The van der Waals surface area contributed by atoms with Crippen molar-refractivity contribution in [3.8, 4) is 34.2 Å². The zero-order chi connectivity index (χ0) is 83.5. The summed E-state index contributed by atoms with van der Waals surface area (Å²) in [5.74, 6) is -1.01. The molecule has 0 saturated carbocycles. The molecule has 0 atom stereocenters. The van der Waals surface area contributed by atoms with Crippen LogP contribution in [0.5, 0.6) is 11.5 Å². The number of carbonyl (C=O) groups is 1. The third-order valence-corrected chi connectivity index (χ3v) is 20.1. The van der Waals surface area contributed by atoms with Crippen molar-refractivity contribution in [3.05, 3.63) is 304 Å². The molecule has 0 aliphatic carbocycles. The van der Waals surface area contributed by atoms with Crippen LogP contribution in [-0.4, -0.2) is 154 Å². The van der Waals surface area contributed by atoms with Crippen molar-refractivity contribution >= 4 is 28.7 Å². The number of aromatic nitrogens is 8. The van der Waals surface area contributed by atoms with Crippen molar-refractivity contribution in [2.24, 2.45) is 5.92 Å². The standard InChI is InChI=1S/C24H25F2N3O3.C23H23F2N3O3.C23H23F2N3O2.C18H20FN3O3/c1-17-14-24(30)29(19-7-8-22(21(26)16-19)28-9-12-31-13-10-28)23(27-17)6-3-11-32-20-5-2-4-18(25)15-20;1-16-13-23(29)28(22(26-16)7-10-31-19-4-2-3-17(24)14-19)18-5-6-21(20(25)15-18)27-8-11-30-12-9-27;1-16-13-23(29)28(22(26-16)8-5-17-3-2-4-18(24)14-17)19-6-7-21(20(25)15-19)27-9-11-30-12-10-27;1-11-9-17(23)22(12(2)20-11)14-3-4-16(15(19)10-14)21-7-5-13(6-8-21)18(24)25/h2,4-5,7-8,14-16H,3,6,9-13H2,1H3;2-6,13-15H,7-12H2,1H3;2-4,6-7,13-15H,5,8-12H2,1H3;3-4,9-10,13H,5-8H2,1-2H3,(H,24,25). The minimum Gasteiger partial charge on any atom is -0.493 e. The average Bonchev–Trinajstić information content (AvgIpc) is 0.806. The highest BCUT2D eigenvalue weighted by Crippen LogP contribution is 2.31. The lowest BCUT2D eigenvalue weighted by molar-refractivity contribution is -0.142. The second-order valence-electron chi connectivity index (χ2n) is 28.6. The van der Waals surface area contributed by atoms with Crippen molar-refractivity contribution in [2.75, 3.05) is 125 Å². The Morgan fingerprint density at radius 2 is 0.720 bits per heavy atom. The molecule has 8 heterocycles. The molecule has 0 radical (unpaired) electrons. The predicted octanol–water partition coefficient (Wildman–Crippen LogP) is 12.7. The summed E-state index contributed by atoms with van der Waals surface area (Å²) >= 11 is 0. The molecule has 4 saturated heterocycles. The van der Waals surface area contributed by atoms with Crippen LogP contribution >= 0.6 is 0 Å². The number of rotatable bonds is 21. The number of hydrogen-bond acceptors (Lipinski definition) is 18. The second kappa shape index (κ2) is 40.0. The Hall–Kier alpha value is -12.3. The molecular formula is C88H91F7N12O11. The van der Waals surface area contributed by atoms with Crippen LogP contribution in [0.1, 0.15) is 70.9 Å². The molecule has 4 aromatic heterocycles. The number of aliphatic carboxylic acids is 1. The first-order chi connectivity index (χ1) is 56.9. The third kappa shape index (κ3) is 22.3. The Balaban J connectivity index is 0.000000145. The summed E-state index contributed by atoms with van der Waals surface area (Å²) in [6, 6.07) is 42.8. The van der Waals surface area contributed by atoms with Gasteiger partial charge in [-0.2, -0.15) is 0 Å². The Bertz CT molecular complexity index is 5610. The number of ether oxygens (including phenoxy) is 5. The first kappa shape index (κ1) is 85.1. The van der Waals surface area contributed by atoms with Crippen molar-refractivity contribution < 1.29 is 64.3 Å². The third-order valence-electron chi connectivity index (χ3n) is 20.1. The number of aryl methyl sites for hydroxylation is 8. The highest BCUT2D eigenvalue weighted by molar-refractivity contribution is 5.70. The second-order valence-corrected chi connectivity index (χ2v) is 28.6. The van der Waals surface area contributed by atoms with E-state index in [-0.39, 0.29) is 52.2 Å². The maximum Gasteiger partial charge on any atom is 0.306 e. The molecule has 118 heavy (non-hydrogen) atoms. The molecule has 15 rings (SSSR count). The molecule has 23 nitrogen and oxygen atoms in total. The van der Waals surface area contributed by atoms with E-state index in [1.54, 1.807) is 113 Å². The number of carboxylic acids is 1. The fraction of sp³-hybridized carbons (Fsp3) is 0.330. The number of halogens is 7. The first-order valence-corrected chi connectivity index (χ1v) is 38.9. The van der Waals surface area contributed by atoms with Crippen LogP contribution in [-0.2, 0) is 44.7 Å². The zero-order valence-corrected chi connectivity index (χ0v) is 66.0. The van der Waals surface area contributed by atoms with E-state index < -0.39 is 29.2 Å². The van der Waals surface area contributed by atoms with Crippen molar-refractivity contribution in [3.63, 3.8) is 0 Å². The maximum absolute atomic E-state index is 14.9. The molecule has 4 aliphatic heterocycles.